The highest BCUT2D eigenvalue weighted by molar-refractivity contribution is 6.21. The van der Waals surface area contributed by atoms with E-state index >= 15 is 0 Å². The van der Waals surface area contributed by atoms with Crippen LogP contribution >= 0.6 is 11.6 Å². The molecule has 72 valence electrons. The Kier molecular flexibility index (Phi) is 5.01. The fourth-order valence-electron chi connectivity index (χ4n) is 1.77. The maximum Gasteiger partial charge on any atom is 0.0703 e. The van der Waals surface area contributed by atoms with Gasteiger partial charge >= 0.3 is 0 Å². The van der Waals surface area contributed by atoms with Gasteiger partial charge in [0.05, 0.1) is 11.5 Å². The molecular formula is C10H19ClO. The Morgan fingerprint density at radius 2 is 1.33 bits per heavy atom. The molecule has 1 fully saturated rings. The second-order valence-corrected chi connectivity index (χ2v) is 4.34. The van der Waals surface area contributed by atoms with E-state index in [1.165, 1.54) is 32.1 Å². The van der Waals surface area contributed by atoms with Crippen molar-refractivity contribution < 1.29 is 5.11 Å². The van der Waals surface area contributed by atoms with Gasteiger partial charge in [0.2, 0.25) is 0 Å². The summed E-state index contributed by atoms with van der Waals surface area (Å²) >= 11 is 6.02. The van der Waals surface area contributed by atoms with Crippen LogP contribution in [0.5, 0.6) is 0 Å². The molecule has 0 aromatic rings. The number of aliphatic hydroxyl groups is 1. The number of hydrogen-bond acceptors (Lipinski definition) is 1. The Labute approximate surface area is 80.1 Å². The third-order valence-corrected chi connectivity index (χ3v) is 3.16. The topological polar surface area (TPSA) is 20.2 Å². The first-order valence-corrected chi connectivity index (χ1v) is 5.56. The van der Waals surface area contributed by atoms with Gasteiger partial charge in [0.1, 0.15) is 0 Å². The number of rotatable bonds is 0. The molecule has 0 heterocycles. The molecule has 0 unspecified atom stereocenters. The van der Waals surface area contributed by atoms with Crippen LogP contribution in [0.1, 0.15) is 51.4 Å². The highest BCUT2D eigenvalue weighted by Gasteiger charge is 2.16. The van der Waals surface area contributed by atoms with Gasteiger partial charge in [0.15, 0.2) is 0 Å². The summed E-state index contributed by atoms with van der Waals surface area (Å²) in [7, 11) is 0. The average molecular weight is 191 g/mol. The summed E-state index contributed by atoms with van der Waals surface area (Å²) in [6.07, 6.45) is 9.19. The van der Waals surface area contributed by atoms with Crippen LogP contribution in [-0.2, 0) is 0 Å². The lowest BCUT2D eigenvalue weighted by Crippen LogP contribution is -2.21. The summed E-state index contributed by atoms with van der Waals surface area (Å²) in [5, 5.41) is 9.57. The lowest BCUT2D eigenvalue weighted by Gasteiger charge is -2.18. The first kappa shape index (κ1) is 10.3. The Bertz CT molecular complexity index is 102. The minimum atomic E-state index is -0.259. The molecule has 1 aliphatic carbocycles. The van der Waals surface area contributed by atoms with Gasteiger partial charge in [-0.1, -0.05) is 38.5 Å². The van der Waals surface area contributed by atoms with E-state index in [1.54, 1.807) is 0 Å². The molecule has 12 heavy (non-hydrogen) atoms. The molecule has 0 radical (unpaired) electrons. The summed E-state index contributed by atoms with van der Waals surface area (Å²) in [4.78, 5) is 0. The molecule has 2 atom stereocenters. The van der Waals surface area contributed by atoms with Gasteiger partial charge in [-0.2, -0.15) is 0 Å². The van der Waals surface area contributed by atoms with Crippen LogP contribution in [0.4, 0.5) is 0 Å². The fourth-order valence-corrected chi connectivity index (χ4v) is 2.05. The lowest BCUT2D eigenvalue weighted by atomic mass is 9.99. The van der Waals surface area contributed by atoms with Crippen LogP contribution in [0.25, 0.3) is 0 Å². The fraction of sp³-hybridized carbons (Fsp3) is 1.00. The highest BCUT2D eigenvalue weighted by atomic mass is 35.5. The van der Waals surface area contributed by atoms with Crippen molar-refractivity contribution in [2.45, 2.75) is 62.8 Å². The van der Waals surface area contributed by atoms with E-state index in [9.17, 15) is 5.11 Å². The molecule has 1 aliphatic rings. The second kappa shape index (κ2) is 5.82. The highest BCUT2D eigenvalue weighted by Crippen LogP contribution is 2.20. The number of aliphatic hydroxyl groups excluding tert-OH is 1. The van der Waals surface area contributed by atoms with Crippen molar-refractivity contribution in [1.29, 1.82) is 0 Å². The molecule has 0 amide bonds. The van der Waals surface area contributed by atoms with Gasteiger partial charge in [-0.25, -0.2) is 0 Å². The van der Waals surface area contributed by atoms with Gasteiger partial charge < -0.3 is 5.11 Å². The Hall–Kier alpha value is 0.250. The van der Waals surface area contributed by atoms with E-state index in [2.05, 4.69) is 0 Å². The van der Waals surface area contributed by atoms with E-state index in [-0.39, 0.29) is 11.5 Å². The zero-order valence-corrected chi connectivity index (χ0v) is 8.39. The molecule has 0 saturated heterocycles. The summed E-state index contributed by atoms with van der Waals surface area (Å²) < 4.78 is 0. The van der Waals surface area contributed by atoms with Crippen molar-refractivity contribution in [1.82, 2.24) is 0 Å². The second-order valence-electron chi connectivity index (χ2n) is 3.78. The zero-order chi connectivity index (χ0) is 8.81. The minimum absolute atomic E-state index is 0.00287. The van der Waals surface area contributed by atoms with Crippen LogP contribution in [-0.4, -0.2) is 16.6 Å². The Morgan fingerprint density at radius 1 is 0.833 bits per heavy atom. The summed E-state index contributed by atoms with van der Waals surface area (Å²) in [6.45, 7) is 0. The Morgan fingerprint density at radius 3 is 2.00 bits per heavy atom. The number of halogens is 1. The quantitative estimate of drug-likeness (QED) is 0.582. The standard InChI is InChI=1S/C10H19ClO/c11-9-7-5-3-1-2-4-6-8-10(9)12/h9-10,12H,1-8H2/t9-,10-/m1/s1. The Balaban J connectivity index is 2.26. The predicted molar refractivity (Wildman–Crippen MR) is 52.6 cm³/mol. The third-order valence-electron chi connectivity index (χ3n) is 2.65. The van der Waals surface area contributed by atoms with Crippen molar-refractivity contribution in [3.05, 3.63) is 0 Å². The molecule has 0 aromatic heterocycles. The molecule has 0 aliphatic heterocycles. The molecule has 1 saturated carbocycles. The van der Waals surface area contributed by atoms with E-state index < -0.39 is 0 Å². The van der Waals surface area contributed by atoms with Gasteiger partial charge in [-0.3, -0.25) is 0 Å². The van der Waals surface area contributed by atoms with Crippen LogP contribution < -0.4 is 0 Å². The zero-order valence-electron chi connectivity index (χ0n) is 7.64. The largest absolute Gasteiger partial charge is 0.392 e. The van der Waals surface area contributed by atoms with Crippen molar-refractivity contribution in [2.75, 3.05) is 0 Å². The average Bonchev–Trinajstić information content (AvgIpc) is 2.08. The van der Waals surface area contributed by atoms with E-state index in [4.69, 9.17) is 11.6 Å². The van der Waals surface area contributed by atoms with Crippen molar-refractivity contribution in [2.24, 2.45) is 0 Å². The molecule has 2 heteroatoms. The molecule has 1 N–H and O–H groups in total. The van der Waals surface area contributed by atoms with Gasteiger partial charge in [-0.15, -0.1) is 11.6 Å². The summed E-state index contributed by atoms with van der Waals surface area (Å²) in [5.74, 6) is 0. The van der Waals surface area contributed by atoms with Crippen molar-refractivity contribution >= 4 is 11.6 Å². The maximum atomic E-state index is 9.57. The van der Waals surface area contributed by atoms with Crippen LogP contribution in [0.3, 0.4) is 0 Å². The molecular weight excluding hydrogens is 172 g/mol. The number of hydrogen-bond donors (Lipinski definition) is 1. The molecule has 0 spiro atoms. The summed E-state index contributed by atoms with van der Waals surface area (Å²) in [5.41, 5.74) is 0. The first-order valence-electron chi connectivity index (χ1n) is 5.13. The molecule has 0 aromatic carbocycles. The summed E-state index contributed by atoms with van der Waals surface area (Å²) in [6, 6.07) is 0. The van der Waals surface area contributed by atoms with Gasteiger partial charge in [0, 0.05) is 0 Å². The van der Waals surface area contributed by atoms with Crippen molar-refractivity contribution in [3.63, 3.8) is 0 Å². The van der Waals surface area contributed by atoms with E-state index in [0.29, 0.717) is 0 Å². The van der Waals surface area contributed by atoms with E-state index in [0.717, 1.165) is 19.3 Å². The molecule has 1 rings (SSSR count). The SMILES string of the molecule is O[C@@H]1CCCCCCCC[C@H]1Cl. The normalized spacial score (nSPS) is 34.5. The van der Waals surface area contributed by atoms with Gasteiger partial charge in [-0.05, 0) is 12.8 Å². The minimum Gasteiger partial charge on any atom is -0.392 e. The lowest BCUT2D eigenvalue weighted by molar-refractivity contribution is 0.149. The maximum absolute atomic E-state index is 9.57. The first-order chi connectivity index (χ1) is 5.80. The monoisotopic (exact) mass is 190 g/mol. The smallest absolute Gasteiger partial charge is 0.0703 e. The van der Waals surface area contributed by atoms with Gasteiger partial charge in [0.25, 0.3) is 0 Å². The van der Waals surface area contributed by atoms with Crippen LogP contribution in [0, 0.1) is 0 Å². The predicted octanol–water partition coefficient (Wildman–Crippen LogP) is 3.09. The van der Waals surface area contributed by atoms with Crippen LogP contribution in [0.15, 0.2) is 0 Å². The van der Waals surface area contributed by atoms with Crippen molar-refractivity contribution in [3.8, 4) is 0 Å². The van der Waals surface area contributed by atoms with E-state index in [1.807, 2.05) is 0 Å². The molecule has 0 bridgehead atoms. The molecule has 1 nitrogen and oxygen atoms in total. The van der Waals surface area contributed by atoms with Crippen LogP contribution in [0.2, 0.25) is 0 Å². The third kappa shape index (κ3) is 3.77. The number of alkyl halides is 1.